The van der Waals surface area contributed by atoms with Crippen LogP contribution in [0.1, 0.15) is 12.0 Å². The Morgan fingerprint density at radius 2 is 1.86 bits per heavy atom. The number of halogens is 1. The number of hydrogen-bond acceptors (Lipinski definition) is 3. The maximum Gasteiger partial charge on any atom is 0.326 e. The Kier molecular flexibility index (Phi) is 6.48. The second kappa shape index (κ2) is 8.11. The van der Waals surface area contributed by atoms with E-state index in [4.69, 9.17) is 22.4 Å². The molecule has 1 aromatic rings. The first kappa shape index (κ1) is 16.8. The average Bonchev–Trinajstić information content (AvgIpc) is 2.39. The third-order valence-corrected chi connectivity index (χ3v) is 2.87. The Bertz CT molecular complexity index is 519. The van der Waals surface area contributed by atoms with Gasteiger partial charge in [0.15, 0.2) is 0 Å². The molecule has 0 bridgehead atoms. The zero-order valence-electron chi connectivity index (χ0n) is 11.1. The van der Waals surface area contributed by atoms with Crippen molar-refractivity contribution in [2.75, 3.05) is 6.54 Å². The molecule has 0 aliphatic heterocycles. The van der Waals surface area contributed by atoms with E-state index < -0.39 is 30.4 Å². The Balaban J connectivity index is 2.37. The van der Waals surface area contributed by atoms with Crippen LogP contribution in [0.3, 0.4) is 0 Å². The van der Waals surface area contributed by atoms with Crippen LogP contribution in [0.15, 0.2) is 24.3 Å². The van der Waals surface area contributed by atoms with Gasteiger partial charge in [-0.15, -0.1) is 0 Å². The molecule has 0 spiro atoms. The van der Waals surface area contributed by atoms with Crippen LogP contribution >= 0.6 is 11.6 Å². The summed E-state index contributed by atoms with van der Waals surface area (Å²) in [5.74, 6) is -2.12. The number of carboxylic acid groups (broad SMARTS) is 1. The number of carbonyl (C=O) groups is 3. The van der Waals surface area contributed by atoms with Crippen LogP contribution in [0.5, 0.6) is 0 Å². The lowest BCUT2D eigenvalue weighted by atomic mass is 10.1. The summed E-state index contributed by atoms with van der Waals surface area (Å²) in [4.78, 5) is 33.1. The maximum atomic E-state index is 11.5. The van der Waals surface area contributed by atoms with Crippen molar-refractivity contribution in [2.24, 2.45) is 5.73 Å². The van der Waals surface area contributed by atoms with Crippen molar-refractivity contribution in [2.45, 2.75) is 18.9 Å². The molecule has 1 rings (SSSR count). The molecule has 0 fully saturated rings. The zero-order valence-corrected chi connectivity index (χ0v) is 11.9. The van der Waals surface area contributed by atoms with Gasteiger partial charge in [-0.05, 0) is 24.1 Å². The fourth-order valence-electron chi connectivity index (χ4n) is 1.58. The van der Waals surface area contributed by atoms with E-state index in [0.717, 1.165) is 5.56 Å². The highest BCUT2D eigenvalue weighted by Gasteiger charge is 2.21. The molecule has 3 amide bonds. The molecule has 21 heavy (non-hydrogen) atoms. The van der Waals surface area contributed by atoms with Crippen LogP contribution < -0.4 is 16.4 Å². The fraction of sp³-hybridized carbons (Fsp3) is 0.308. The molecule has 0 aromatic heterocycles. The standard InChI is InChI=1S/C13H16ClN3O4/c14-9-3-1-8(2-4-9)5-6-16-13(21)17-10(12(19)20)7-11(15)18/h1-4,10H,5-7H2,(H2,15,18)(H,19,20)(H2,16,17,21)/t10-/m0/s1. The van der Waals surface area contributed by atoms with Crippen molar-refractivity contribution in [3.8, 4) is 0 Å². The number of aliphatic carboxylic acids is 1. The molecule has 0 unspecified atom stereocenters. The van der Waals surface area contributed by atoms with Gasteiger partial charge >= 0.3 is 12.0 Å². The molecule has 0 saturated carbocycles. The quantitative estimate of drug-likeness (QED) is 0.586. The van der Waals surface area contributed by atoms with Crippen LogP contribution in [0.25, 0.3) is 0 Å². The number of amides is 3. The van der Waals surface area contributed by atoms with Gasteiger partial charge in [-0.1, -0.05) is 23.7 Å². The Labute approximate surface area is 126 Å². The number of primary amides is 1. The third kappa shape index (κ3) is 6.62. The van der Waals surface area contributed by atoms with Crippen LogP contribution in [-0.4, -0.2) is 35.6 Å². The smallest absolute Gasteiger partial charge is 0.326 e. The van der Waals surface area contributed by atoms with Gasteiger partial charge in [0.2, 0.25) is 5.91 Å². The summed E-state index contributed by atoms with van der Waals surface area (Å²) in [6, 6.07) is 5.13. The van der Waals surface area contributed by atoms with E-state index >= 15 is 0 Å². The summed E-state index contributed by atoms with van der Waals surface area (Å²) in [5.41, 5.74) is 5.89. The number of carboxylic acids is 1. The molecule has 0 aliphatic carbocycles. The van der Waals surface area contributed by atoms with Crippen molar-refractivity contribution in [1.29, 1.82) is 0 Å². The van der Waals surface area contributed by atoms with E-state index in [1.807, 2.05) is 12.1 Å². The molecular weight excluding hydrogens is 298 g/mol. The summed E-state index contributed by atoms with van der Waals surface area (Å²) < 4.78 is 0. The maximum absolute atomic E-state index is 11.5. The Hall–Kier alpha value is -2.28. The minimum atomic E-state index is -1.34. The van der Waals surface area contributed by atoms with E-state index in [1.165, 1.54) is 0 Å². The number of benzene rings is 1. The summed E-state index contributed by atoms with van der Waals surface area (Å²) in [5, 5.41) is 14.1. The zero-order chi connectivity index (χ0) is 15.8. The highest BCUT2D eigenvalue weighted by atomic mass is 35.5. The number of nitrogens with two attached hydrogens (primary N) is 1. The summed E-state index contributed by atoms with van der Waals surface area (Å²) in [7, 11) is 0. The Morgan fingerprint density at radius 3 is 2.38 bits per heavy atom. The van der Waals surface area contributed by atoms with Gasteiger partial charge in [-0.3, -0.25) is 4.79 Å². The van der Waals surface area contributed by atoms with Crippen LogP contribution in [0.4, 0.5) is 4.79 Å². The highest BCUT2D eigenvalue weighted by Crippen LogP contribution is 2.09. The molecule has 1 aromatic carbocycles. The number of urea groups is 1. The minimum absolute atomic E-state index is 0.316. The normalized spacial score (nSPS) is 11.5. The first-order valence-corrected chi connectivity index (χ1v) is 6.56. The van der Waals surface area contributed by atoms with Gasteiger partial charge in [0.05, 0.1) is 6.42 Å². The van der Waals surface area contributed by atoms with Gasteiger partial charge in [0.25, 0.3) is 0 Å². The van der Waals surface area contributed by atoms with Crippen molar-refractivity contribution in [3.63, 3.8) is 0 Å². The molecule has 1 atom stereocenters. The van der Waals surface area contributed by atoms with Gasteiger partial charge in [-0.25, -0.2) is 9.59 Å². The minimum Gasteiger partial charge on any atom is -0.480 e. The largest absolute Gasteiger partial charge is 0.480 e. The van der Waals surface area contributed by atoms with E-state index in [1.54, 1.807) is 12.1 Å². The van der Waals surface area contributed by atoms with Gasteiger partial charge < -0.3 is 21.5 Å². The number of carbonyl (C=O) groups excluding carboxylic acids is 2. The Morgan fingerprint density at radius 1 is 1.24 bits per heavy atom. The number of hydrogen-bond donors (Lipinski definition) is 4. The number of nitrogens with one attached hydrogen (secondary N) is 2. The average molecular weight is 314 g/mol. The topological polar surface area (TPSA) is 122 Å². The number of rotatable bonds is 7. The predicted molar refractivity (Wildman–Crippen MR) is 76.9 cm³/mol. The van der Waals surface area contributed by atoms with Crippen LogP contribution in [-0.2, 0) is 16.0 Å². The van der Waals surface area contributed by atoms with Crippen LogP contribution in [0, 0.1) is 0 Å². The monoisotopic (exact) mass is 313 g/mol. The van der Waals surface area contributed by atoms with Crippen LogP contribution in [0.2, 0.25) is 5.02 Å². The molecule has 0 heterocycles. The summed E-state index contributed by atoms with van der Waals surface area (Å²) >= 11 is 5.75. The van der Waals surface area contributed by atoms with Crippen molar-refractivity contribution in [1.82, 2.24) is 10.6 Å². The summed E-state index contributed by atoms with van der Waals surface area (Å²) in [6.07, 6.45) is 0.109. The highest BCUT2D eigenvalue weighted by molar-refractivity contribution is 6.30. The van der Waals surface area contributed by atoms with Crippen molar-refractivity contribution >= 4 is 29.5 Å². The summed E-state index contributed by atoms with van der Waals surface area (Å²) in [6.45, 7) is 0.316. The lowest BCUT2D eigenvalue weighted by Gasteiger charge is -2.13. The molecule has 5 N–H and O–H groups in total. The first-order chi connectivity index (χ1) is 9.88. The second-order valence-corrected chi connectivity index (χ2v) is 4.77. The third-order valence-electron chi connectivity index (χ3n) is 2.62. The van der Waals surface area contributed by atoms with Crippen molar-refractivity contribution < 1.29 is 19.5 Å². The van der Waals surface area contributed by atoms with E-state index in [0.29, 0.717) is 18.0 Å². The molecule has 8 heteroatoms. The molecule has 0 saturated heterocycles. The predicted octanol–water partition coefficient (Wildman–Crippen LogP) is 0.510. The van der Waals surface area contributed by atoms with E-state index in [2.05, 4.69) is 10.6 Å². The van der Waals surface area contributed by atoms with Gasteiger partial charge in [0.1, 0.15) is 6.04 Å². The van der Waals surface area contributed by atoms with Gasteiger partial charge in [-0.2, -0.15) is 0 Å². The lowest BCUT2D eigenvalue weighted by Crippen LogP contribution is -2.48. The molecule has 0 aliphatic rings. The van der Waals surface area contributed by atoms with E-state index in [9.17, 15) is 14.4 Å². The fourth-order valence-corrected chi connectivity index (χ4v) is 1.71. The van der Waals surface area contributed by atoms with Gasteiger partial charge in [0, 0.05) is 11.6 Å². The lowest BCUT2D eigenvalue weighted by molar-refractivity contribution is -0.140. The molecular formula is C13H16ClN3O4. The molecule has 7 nitrogen and oxygen atoms in total. The second-order valence-electron chi connectivity index (χ2n) is 4.34. The van der Waals surface area contributed by atoms with E-state index in [-0.39, 0.29) is 0 Å². The molecule has 114 valence electrons. The first-order valence-electron chi connectivity index (χ1n) is 6.18. The van der Waals surface area contributed by atoms with Crippen molar-refractivity contribution in [3.05, 3.63) is 34.9 Å². The molecule has 0 radical (unpaired) electrons. The SMILES string of the molecule is NC(=O)C[C@H](NC(=O)NCCc1ccc(Cl)cc1)C(=O)O.